The molecule has 46 heavy (non-hydrogen) atoms. The van der Waals surface area contributed by atoms with E-state index in [1.54, 1.807) is 14.7 Å². The molecule has 0 bridgehead atoms. The fourth-order valence-corrected chi connectivity index (χ4v) is 11.0. The molecule has 3 aromatic rings. The average Bonchev–Trinajstić information content (AvgIpc) is 3.68. The maximum Gasteiger partial charge on any atom is 0.268 e. The summed E-state index contributed by atoms with van der Waals surface area (Å²) in [6, 6.07) is 22.7. The molecule has 0 aliphatic carbocycles. The molecule has 3 amide bonds. The van der Waals surface area contributed by atoms with Crippen molar-refractivity contribution in [2.75, 3.05) is 23.0 Å². The van der Waals surface area contributed by atoms with Crippen LogP contribution >= 0.6 is 0 Å². The first-order chi connectivity index (χ1) is 22.0. The van der Waals surface area contributed by atoms with Crippen LogP contribution in [0.3, 0.4) is 0 Å². The number of ether oxygens (including phenoxy) is 1. The van der Waals surface area contributed by atoms with Gasteiger partial charge in [-0.25, -0.2) is 0 Å². The van der Waals surface area contributed by atoms with Crippen molar-refractivity contribution in [3.05, 3.63) is 89.5 Å². The van der Waals surface area contributed by atoms with E-state index in [4.69, 9.17) is 4.74 Å². The quantitative estimate of drug-likeness (QED) is 0.381. The first-order valence-electron chi connectivity index (χ1n) is 16.3. The van der Waals surface area contributed by atoms with Gasteiger partial charge in [-0.05, 0) is 67.4 Å². The van der Waals surface area contributed by atoms with E-state index in [0.29, 0.717) is 48.6 Å². The lowest BCUT2D eigenvalue weighted by molar-refractivity contribution is -0.150. The second kappa shape index (κ2) is 11.4. The summed E-state index contributed by atoms with van der Waals surface area (Å²) >= 11 is 0. The second-order valence-electron chi connectivity index (χ2n) is 13.7. The van der Waals surface area contributed by atoms with E-state index in [-0.39, 0.29) is 36.8 Å². The lowest BCUT2D eigenvalue weighted by Gasteiger charge is -2.37. The normalized spacial score (nSPS) is 27.5. The van der Waals surface area contributed by atoms with Gasteiger partial charge in [0.25, 0.3) is 5.91 Å². The molecule has 0 saturated carbocycles. The molecule has 1 spiro atoms. The monoisotopic (exact) mass is 639 g/mol. The first-order valence-corrected chi connectivity index (χ1v) is 19.3. The van der Waals surface area contributed by atoms with E-state index in [2.05, 4.69) is 0 Å². The highest BCUT2D eigenvalue weighted by molar-refractivity contribution is 6.71. The Morgan fingerprint density at radius 1 is 1.00 bits per heavy atom. The van der Waals surface area contributed by atoms with Crippen LogP contribution in [-0.2, 0) is 37.7 Å². The van der Waals surface area contributed by atoms with E-state index in [1.807, 2.05) is 92.8 Å². The zero-order valence-electron chi connectivity index (χ0n) is 26.6. The minimum absolute atomic E-state index is 0.0231. The molecule has 240 valence electrons. The molecular weight excluding hydrogens is 598 g/mol. The van der Waals surface area contributed by atoms with Gasteiger partial charge in [-0.1, -0.05) is 49.4 Å². The topological polar surface area (TPSA) is 111 Å². The Hall–Kier alpha value is -3.83. The summed E-state index contributed by atoms with van der Waals surface area (Å²) in [7, 11) is -3.03. The molecule has 0 radical (unpaired) electrons. The second-order valence-corrected chi connectivity index (χ2v) is 17.7. The van der Waals surface area contributed by atoms with Gasteiger partial charge in [0.1, 0.15) is 0 Å². The van der Waals surface area contributed by atoms with Crippen LogP contribution in [-0.4, -0.2) is 66.1 Å². The number of benzene rings is 3. The number of anilines is 3. The largest absolute Gasteiger partial charge is 0.432 e. The molecule has 9 nitrogen and oxygen atoms in total. The summed E-state index contributed by atoms with van der Waals surface area (Å²) in [5.74, 6) is -0.847. The highest BCUT2D eigenvalue weighted by atomic mass is 28.4. The molecule has 4 aliphatic heterocycles. The van der Waals surface area contributed by atoms with Gasteiger partial charge in [-0.15, -0.1) is 0 Å². The summed E-state index contributed by atoms with van der Waals surface area (Å²) in [6.07, 6.45) is 1.07. The first kappa shape index (κ1) is 30.8. The average molecular weight is 640 g/mol. The van der Waals surface area contributed by atoms with Crippen LogP contribution < -0.4 is 9.80 Å². The molecule has 5 atom stereocenters. The van der Waals surface area contributed by atoms with Crippen molar-refractivity contribution in [2.45, 2.75) is 75.5 Å². The Bertz CT molecular complexity index is 1690. The van der Waals surface area contributed by atoms with Crippen LogP contribution in [0.15, 0.2) is 72.8 Å². The van der Waals surface area contributed by atoms with Gasteiger partial charge < -0.3 is 24.4 Å². The fraction of sp³-hybridized carbons (Fsp3) is 0.417. The van der Waals surface area contributed by atoms with Gasteiger partial charge in [0, 0.05) is 47.9 Å². The SMILES string of the molecule is C[C@@H]1[C@@H]([Si](C)(C)O)[C@H](CC(=O)N2Cc3ccccc3C[C@H]2CO)O[C@@]12C(=O)N(c1ccccc1)c1ccc(N3CCCC3=O)cc12. The third-order valence-electron chi connectivity index (χ3n) is 10.5. The van der Waals surface area contributed by atoms with Crippen molar-refractivity contribution < 1.29 is 29.0 Å². The summed E-state index contributed by atoms with van der Waals surface area (Å²) in [5, 5.41) is 10.3. The van der Waals surface area contributed by atoms with Crippen molar-refractivity contribution in [2.24, 2.45) is 5.92 Å². The van der Waals surface area contributed by atoms with Crippen molar-refractivity contribution in [1.29, 1.82) is 0 Å². The fourth-order valence-electron chi connectivity index (χ4n) is 8.44. The highest BCUT2D eigenvalue weighted by Crippen LogP contribution is 2.61. The summed E-state index contributed by atoms with van der Waals surface area (Å²) in [6.45, 7) is 6.48. The molecule has 0 unspecified atom stereocenters. The number of nitrogens with zero attached hydrogens (tertiary/aromatic N) is 3. The molecule has 10 heteroatoms. The minimum atomic E-state index is -3.03. The third-order valence-corrected chi connectivity index (χ3v) is 13.0. The molecule has 3 aromatic carbocycles. The van der Waals surface area contributed by atoms with Crippen LogP contribution in [0.25, 0.3) is 0 Å². The van der Waals surface area contributed by atoms with Gasteiger partial charge in [0.05, 0.1) is 30.9 Å². The Balaban J connectivity index is 1.30. The zero-order valence-corrected chi connectivity index (χ0v) is 27.6. The lowest BCUT2D eigenvalue weighted by Crippen LogP contribution is -2.48. The smallest absolute Gasteiger partial charge is 0.268 e. The molecule has 4 heterocycles. The number of para-hydroxylation sites is 1. The van der Waals surface area contributed by atoms with E-state index in [9.17, 15) is 24.3 Å². The van der Waals surface area contributed by atoms with Crippen LogP contribution in [0.4, 0.5) is 17.1 Å². The molecule has 2 N–H and O–H groups in total. The summed E-state index contributed by atoms with van der Waals surface area (Å²) in [5.41, 5.74) is 3.02. The van der Waals surface area contributed by atoms with Gasteiger partial charge in [-0.3, -0.25) is 19.3 Å². The van der Waals surface area contributed by atoms with Gasteiger partial charge >= 0.3 is 0 Å². The van der Waals surface area contributed by atoms with Crippen LogP contribution in [0.5, 0.6) is 0 Å². The number of hydrogen-bond acceptors (Lipinski definition) is 6. The van der Waals surface area contributed by atoms with Crippen molar-refractivity contribution in [3.63, 3.8) is 0 Å². The molecule has 2 saturated heterocycles. The number of hydrogen-bond donors (Lipinski definition) is 2. The Morgan fingerprint density at radius 3 is 2.39 bits per heavy atom. The zero-order chi connectivity index (χ0) is 32.4. The number of rotatable bonds is 6. The number of aliphatic hydroxyl groups excluding tert-OH is 1. The number of carbonyl (C=O) groups is 3. The van der Waals surface area contributed by atoms with Gasteiger partial charge in [0.2, 0.25) is 11.8 Å². The van der Waals surface area contributed by atoms with Crippen molar-refractivity contribution >= 4 is 43.1 Å². The highest BCUT2D eigenvalue weighted by Gasteiger charge is 2.67. The van der Waals surface area contributed by atoms with Crippen LogP contribution in [0.2, 0.25) is 18.6 Å². The summed E-state index contributed by atoms with van der Waals surface area (Å²) in [4.78, 5) is 58.7. The van der Waals surface area contributed by atoms with E-state index in [0.717, 1.165) is 17.5 Å². The maximum absolute atomic E-state index is 14.9. The van der Waals surface area contributed by atoms with Crippen LogP contribution in [0.1, 0.15) is 42.9 Å². The lowest BCUT2D eigenvalue weighted by atomic mass is 9.82. The minimum Gasteiger partial charge on any atom is -0.432 e. The van der Waals surface area contributed by atoms with Crippen molar-refractivity contribution in [3.8, 4) is 0 Å². The number of fused-ring (bicyclic) bond motifs is 3. The van der Waals surface area contributed by atoms with Gasteiger partial charge in [0.15, 0.2) is 13.9 Å². The summed E-state index contributed by atoms with van der Waals surface area (Å²) < 4.78 is 6.97. The number of aliphatic hydroxyl groups is 1. The third kappa shape index (κ3) is 4.81. The molecular formula is C36H41N3O6Si. The molecule has 0 aromatic heterocycles. The van der Waals surface area contributed by atoms with E-state index in [1.165, 1.54) is 0 Å². The maximum atomic E-state index is 14.9. The number of amides is 3. The molecule has 7 rings (SSSR count). The Kier molecular flexibility index (Phi) is 7.67. The van der Waals surface area contributed by atoms with Crippen molar-refractivity contribution in [1.82, 2.24) is 4.90 Å². The van der Waals surface area contributed by atoms with Gasteiger partial charge in [-0.2, -0.15) is 0 Å². The van der Waals surface area contributed by atoms with Crippen LogP contribution in [0, 0.1) is 5.92 Å². The van der Waals surface area contributed by atoms with E-state index >= 15 is 0 Å². The van der Waals surface area contributed by atoms with E-state index < -0.39 is 31.5 Å². The Labute approximate surface area is 270 Å². The molecule has 2 fully saturated rings. The predicted octanol–water partition coefficient (Wildman–Crippen LogP) is 4.63. The predicted molar refractivity (Wildman–Crippen MR) is 177 cm³/mol. The molecule has 4 aliphatic rings. The standard InChI is InChI=1S/C36H41N3O6Si/c1-23-34(46(2,3)44)31(20-33(42)38-21-25-11-8-7-10-24(25)18-28(38)22-40)45-36(23)29-19-27(37-17-9-14-32(37)41)15-16-30(29)39(35(36)43)26-12-5-4-6-13-26/h4-8,10-13,15-16,19,23,28,31,34,40,44H,9,14,17-18,20-22H2,1-3H3/t23-,28+,31+,34-,36+/m1/s1. The Morgan fingerprint density at radius 2 is 1.72 bits per heavy atom. The number of carbonyl (C=O) groups excluding carboxylic acids is 3.